The predicted molar refractivity (Wildman–Crippen MR) is 66.1 cm³/mol. The van der Waals surface area contributed by atoms with E-state index in [1.54, 1.807) is 6.07 Å². The molecule has 1 aromatic carbocycles. The molecule has 16 heavy (non-hydrogen) atoms. The maximum absolute atomic E-state index is 12.1. The van der Waals surface area contributed by atoms with Crippen LogP contribution in [0.5, 0.6) is 5.75 Å². The van der Waals surface area contributed by atoms with Gasteiger partial charge in [0.05, 0.1) is 5.02 Å². The molecule has 1 atom stereocenters. The van der Waals surface area contributed by atoms with Gasteiger partial charge in [0.15, 0.2) is 5.78 Å². The summed E-state index contributed by atoms with van der Waals surface area (Å²) in [5, 5.41) is 9.51. The van der Waals surface area contributed by atoms with Crippen molar-refractivity contribution in [3.8, 4) is 5.75 Å². The molecule has 3 heteroatoms. The Bertz CT molecular complexity index is 386. The fourth-order valence-electron chi connectivity index (χ4n) is 1.83. The lowest BCUT2D eigenvalue weighted by molar-refractivity contribution is 0.0882. The molecule has 1 N–H and O–H groups in total. The second-order valence-corrected chi connectivity index (χ2v) is 4.70. The van der Waals surface area contributed by atoms with Crippen LogP contribution in [0.2, 0.25) is 5.02 Å². The summed E-state index contributed by atoms with van der Waals surface area (Å²) in [5.41, 5.74) is 0.573. The molecule has 1 rings (SSSR count). The molecule has 88 valence electrons. The normalized spacial score (nSPS) is 12.8. The number of Topliss-reactive ketones (excluding diaryl/α,β-unsaturated/α-hetero) is 1. The lowest BCUT2D eigenvalue weighted by Crippen LogP contribution is -2.19. The Hall–Kier alpha value is -1.02. The first-order valence-corrected chi connectivity index (χ1v) is 5.87. The van der Waals surface area contributed by atoms with Crippen molar-refractivity contribution in [1.82, 2.24) is 0 Å². The average molecular weight is 241 g/mol. The Morgan fingerprint density at radius 2 is 2.06 bits per heavy atom. The van der Waals surface area contributed by atoms with Crippen molar-refractivity contribution in [2.45, 2.75) is 27.2 Å². The summed E-state index contributed by atoms with van der Waals surface area (Å²) in [5.74, 6) is 0.431. The van der Waals surface area contributed by atoms with Crippen LogP contribution in [0, 0.1) is 11.8 Å². The standard InChI is InChI=1S/C13H17ClO2/c1-4-10(8(2)3)13(16)9-5-6-12(15)11(14)7-9/h5-8,10,15H,4H2,1-3H3. The number of halogens is 1. The molecule has 1 unspecified atom stereocenters. The minimum absolute atomic E-state index is 0.0100. The van der Waals surface area contributed by atoms with E-state index in [4.69, 9.17) is 11.6 Å². The van der Waals surface area contributed by atoms with E-state index in [-0.39, 0.29) is 22.5 Å². The number of rotatable bonds is 4. The number of carbonyl (C=O) groups excluding carboxylic acids is 1. The Kier molecular flexibility index (Phi) is 4.36. The maximum atomic E-state index is 12.1. The molecule has 0 heterocycles. The van der Waals surface area contributed by atoms with Gasteiger partial charge in [-0.05, 0) is 30.5 Å². The third-order valence-electron chi connectivity index (χ3n) is 2.81. The van der Waals surface area contributed by atoms with Gasteiger partial charge in [0, 0.05) is 11.5 Å². The van der Waals surface area contributed by atoms with Crippen LogP contribution in [-0.4, -0.2) is 10.9 Å². The van der Waals surface area contributed by atoms with Crippen LogP contribution < -0.4 is 0 Å². The first kappa shape index (κ1) is 13.0. The van der Waals surface area contributed by atoms with Crippen molar-refractivity contribution < 1.29 is 9.90 Å². The molecule has 0 aliphatic carbocycles. The average Bonchev–Trinajstić information content (AvgIpc) is 2.22. The van der Waals surface area contributed by atoms with E-state index in [9.17, 15) is 9.90 Å². The molecule has 0 saturated carbocycles. The van der Waals surface area contributed by atoms with Crippen molar-refractivity contribution in [3.63, 3.8) is 0 Å². The first-order valence-electron chi connectivity index (χ1n) is 5.50. The third-order valence-corrected chi connectivity index (χ3v) is 3.12. The number of hydrogen-bond donors (Lipinski definition) is 1. The fraction of sp³-hybridized carbons (Fsp3) is 0.462. The summed E-state index contributed by atoms with van der Waals surface area (Å²) in [7, 11) is 0. The molecule has 0 fully saturated rings. The first-order chi connectivity index (χ1) is 7.47. The molecule has 1 aromatic rings. The Balaban J connectivity index is 2.99. The van der Waals surface area contributed by atoms with Crippen molar-refractivity contribution in [1.29, 1.82) is 0 Å². The highest BCUT2D eigenvalue weighted by atomic mass is 35.5. The zero-order chi connectivity index (χ0) is 12.3. The van der Waals surface area contributed by atoms with Gasteiger partial charge < -0.3 is 5.11 Å². The highest BCUT2D eigenvalue weighted by molar-refractivity contribution is 6.32. The van der Waals surface area contributed by atoms with Crippen molar-refractivity contribution >= 4 is 17.4 Å². The fourth-order valence-corrected chi connectivity index (χ4v) is 2.01. The van der Waals surface area contributed by atoms with Gasteiger partial charge in [0.2, 0.25) is 0 Å². The predicted octanol–water partition coefficient (Wildman–Crippen LogP) is 3.91. The van der Waals surface area contributed by atoms with Gasteiger partial charge in [-0.15, -0.1) is 0 Å². The van der Waals surface area contributed by atoms with Crippen molar-refractivity contribution in [2.24, 2.45) is 11.8 Å². The van der Waals surface area contributed by atoms with E-state index >= 15 is 0 Å². The third kappa shape index (κ3) is 2.76. The van der Waals surface area contributed by atoms with Crippen LogP contribution in [0.4, 0.5) is 0 Å². The zero-order valence-corrected chi connectivity index (χ0v) is 10.6. The van der Waals surface area contributed by atoms with Gasteiger partial charge in [-0.25, -0.2) is 0 Å². The van der Waals surface area contributed by atoms with Crippen LogP contribution in [-0.2, 0) is 0 Å². The van der Waals surface area contributed by atoms with Gasteiger partial charge in [-0.2, -0.15) is 0 Å². The van der Waals surface area contributed by atoms with E-state index in [1.807, 2.05) is 20.8 Å². The summed E-state index contributed by atoms with van der Waals surface area (Å²) >= 11 is 5.78. The SMILES string of the molecule is CCC(C(=O)c1ccc(O)c(Cl)c1)C(C)C. The number of hydrogen-bond acceptors (Lipinski definition) is 2. The summed E-state index contributed by atoms with van der Waals surface area (Å²) in [6.07, 6.45) is 0.814. The van der Waals surface area contributed by atoms with Crippen LogP contribution in [0.3, 0.4) is 0 Å². The molecule has 2 nitrogen and oxygen atoms in total. The van der Waals surface area contributed by atoms with Gasteiger partial charge >= 0.3 is 0 Å². The Morgan fingerprint density at radius 1 is 1.44 bits per heavy atom. The molecule has 0 aliphatic rings. The molecule has 0 aromatic heterocycles. The number of benzene rings is 1. The molecular formula is C13H17ClO2. The van der Waals surface area contributed by atoms with Crippen molar-refractivity contribution in [2.75, 3.05) is 0 Å². The van der Waals surface area contributed by atoms with Crippen LogP contribution in [0.15, 0.2) is 18.2 Å². The smallest absolute Gasteiger partial charge is 0.166 e. The Labute approximate surface area is 101 Å². The molecule has 0 amide bonds. The quantitative estimate of drug-likeness (QED) is 0.811. The summed E-state index contributed by atoms with van der Waals surface area (Å²) in [4.78, 5) is 12.1. The lowest BCUT2D eigenvalue weighted by Gasteiger charge is -2.17. The zero-order valence-electron chi connectivity index (χ0n) is 9.83. The van der Waals surface area contributed by atoms with Crippen LogP contribution >= 0.6 is 11.6 Å². The molecule has 0 radical (unpaired) electrons. The van der Waals surface area contributed by atoms with Gasteiger partial charge in [-0.1, -0.05) is 32.4 Å². The Morgan fingerprint density at radius 3 is 2.50 bits per heavy atom. The number of aromatic hydroxyl groups is 1. The van der Waals surface area contributed by atoms with Crippen LogP contribution in [0.1, 0.15) is 37.6 Å². The van der Waals surface area contributed by atoms with Gasteiger partial charge in [0.1, 0.15) is 5.75 Å². The molecule has 0 aliphatic heterocycles. The number of phenols is 1. The lowest BCUT2D eigenvalue weighted by atomic mass is 9.86. The van der Waals surface area contributed by atoms with E-state index in [1.165, 1.54) is 12.1 Å². The maximum Gasteiger partial charge on any atom is 0.166 e. The monoisotopic (exact) mass is 240 g/mol. The number of phenolic OH excluding ortho intramolecular Hbond substituents is 1. The van der Waals surface area contributed by atoms with Gasteiger partial charge in [0.25, 0.3) is 0 Å². The van der Waals surface area contributed by atoms with E-state index in [2.05, 4.69) is 0 Å². The van der Waals surface area contributed by atoms with E-state index < -0.39 is 0 Å². The summed E-state index contributed by atoms with van der Waals surface area (Å²) < 4.78 is 0. The topological polar surface area (TPSA) is 37.3 Å². The number of carbonyl (C=O) groups is 1. The van der Waals surface area contributed by atoms with E-state index in [0.29, 0.717) is 11.5 Å². The number of ketones is 1. The van der Waals surface area contributed by atoms with Gasteiger partial charge in [-0.3, -0.25) is 4.79 Å². The molecule has 0 saturated heterocycles. The highest BCUT2D eigenvalue weighted by Gasteiger charge is 2.21. The summed E-state index contributed by atoms with van der Waals surface area (Å²) in [6.45, 7) is 6.08. The minimum atomic E-state index is 0.0100. The molecule has 0 spiro atoms. The summed E-state index contributed by atoms with van der Waals surface area (Å²) in [6, 6.07) is 4.61. The minimum Gasteiger partial charge on any atom is -0.506 e. The van der Waals surface area contributed by atoms with Crippen molar-refractivity contribution in [3.05, 3.63) is 28.8 Å². The highest BCUT2D eigenvalue weighted by Crippen LogP contribution is 2.27. The van der Waals surface area contributed by atoms with E-state index in [0.717, 1.165) is 6.42 Å². The second kappa shape index (κ2) is 5.35. The molecular weight excluding hydrogens is 224 g/mol. The largest absolute Gasteiger partial charge is 0.506 e. The second-order valence-electron chi connectivity index (χ2n) is 4.29. The van der Waals surface area contributed by atoms with Crippen LogP contribution in [0.25, 0.3) is 0 Å². The molecule has 0 bridgehead atoms.